The molecule has 4 heteroatoms. The highest BCUT2D eigenvalue weighted by Crippen LogP contribution is 2.24. The summed E-state index contributed by atoms with van der Waals surface area (Å²) >= 11 is 0. The summed E-state index contributed by atoms with van der Waals surface area (Å²) in [6.07, 6.45) is 2.83. The van der Waals surface area contributed by atoms with Crippen molar-refractivity contribution in [2.24, 2.45) is 5.92 Å². The largest absolute Gasteiger partial charge is 0.481 e. The van der Waals surface area contributed by atoms with Crippen molar-refractivity contribution >= 4 is 5.97 Å². The molecule has 0 saturated heterocycles. The topological polar surface area (TPSA) is 66.0 Å². The molecule has 0 fully saturated rings. The molecule has 1 aromatic rings. The van der Waals surface area contributed by atoms with E-state index in [4.69, 9.17) is 5.11 Å². The summed E-state index contributed by atoms with van der Waals surface area (Å²) in [5.41, 5.74) is 0.629. The average Bonchev–Trinajstić information content (AvgIpc) is 2.49. The van der Waals surface area contributed by atoms with Crippen LogP contribution in [-0.2, 0) is 16.6 Å². The Morgan fingerprint density at radius 1 is 1.56 bits per heavy atom. The molecule has 1 rings (SSSR count). The molecule has 0 aliphatic rings. The van der Waals surface area contributed by atoms with Gasteiger partial charge in [0.25, 0.3) is 0 Å². The SMILES string of the molecule is CC(C)Cc1cnc(C(C)(C)CC(=O)O)[nH]1. The number of aromatic nitrogens is 2. The van der Waals surface area contributed by atoms with E-state index in [-0.39, 0.29) is 6.42 Å². The van der Waals surface area contributed by atoms with Gasteiger partial charge in [0.1, 0.15) is 5.82 Å². The van der Waals surface area contributed by atoms with Gasteiger partial charge in [-0.25, -0.2) is 4.98 Å². The number of rotatable bonds is 5. The third-order valence-electron chi connectivity index (χ3n) is 2.49. The van der Waals surface area contributed by atoms with E-state index in [1.54, 1.807) is 6.20 Å². The number of aliphatic carboxylic acids is 1. The maximum absolute atomic E-state index is 10.7. The van der Waals surface area contributed by atoms with E-state index in [9.17, 15) is 4.79 Å². The van der Waals surface area contributed by atoms with Gasteiger partial charge in [-0.1, -0.05) is 27.7 Å². The number of imidazole rings is 1. The van der Waals surface area contributed by atoms with Crippen molar-refractivity contribution in [2.75, 3.05) is 0 Å². The third-order valence-corrected chi connectivity index (χ3v) is 2.49. The first-order valence-corrected chi connectivity index (χ1v) is 5.57. The highest BCUT2D eigenvalue weighted by molar-refractivity contribution is 5.68. The van der Waals surface area contributed by atoms with Crippen LogP contribution in [0.3, 0.4) is 0 Å². The second kappa shape index (κ2) is 4.68. The highest BCUT2D eigenvalue weighted by Gasteiger charge is 2.27. The Hall–Kier alpha value is -1.32. The van der Waals surface area contributed by atoms with Crippen molar-refractivity contribution in [1.29, 1.82) is 0 Å². The van der Waals surface area contributed by atoms with E-state index in [1.165, 1.54) is 0 Å². The van der Waals surface area contributed by atoms with Gasteiger partial charge in [-0.15, -0.1) is 0 Å². The lowest BCUT2D eigenvalue weighted by Crippen LogP contribution is -2.23. The summed E-state index contributed by atoms with van der Waals surface area (Å²) < 4.78 is 0. The third kappa shape index (κ3) is 3.36. The Kier molecular flexibility index (Phi) is 3.73. The van der Waals surface area contributed by atoms with Crippen LogP contribution in [0.4, 0.5) is 0 Å². The Bertz CT molecular complexity index is 367. The first-order chi connectivity index (χ1) is 7.31. The summed E-state index contributed by atoms with van der Waals surface area (Å²) in [4.78, 5) is 18.2. The number of carbonyl (C=O) groups is 1. The Balaban J connectivity index is 2.80. The smallest absolute Gasteiger partial charge is 0.304 e. The van der Waals surface area contributed by atoms with Gasteiger partial charge >= 0.3 is 5.97 Å². The van der Waals surface area contributed by atoms with Crippen LogP contribution in [0.2, 0.25) is 0 Å². The summed E-state index contributed by atoms with van der Waals surface area (Å²) in [5, 5.41) is 8.82. The van der Waals surface area contributed by atoms with Crippen LogP contribution >= 0.6 is 0 Å². The van der Waals surface area contributed by atoms with E-state index in [0.717, 1.165) is 17.9 Å². The lowest BCUT2D eigenvalue weighted by Gasteiger charge is -2.19. The Morgan fingerprint density at radius 2 is 2.19 bits per heavy atom. The number of carboxylic acid groups (broad SMARTS) is 1. The molecule has 0 unspecified atom stereocenters. The summed E-state index contributed by atoms with van der Waals surface area (Å²) in [7, 11) is 0. The van der Waals surface area contributed by atoms with Crippen molar-refractivity contribution in [3.8, 4) is 0 Å². The van der Waals surface area contributed by atoms with Crippen molar-refractivity contribution in [1.82, 2.24) is 9.97 Å². The minimum atomic E-state index is -0.799. The zero-order valence-electron chi connectivity index (χ0n) is 10.4. The molecule has 0 aromatic carbocycles. The Morgan fingerprint density at radius 3 is 2.69 bits per heavy atom. The van der Waals surface area contributed by atoms with E-state index in [0.29, 0.717) is 5.92 Å². The monoisotopic (exact) mass is 224 g/mol. The molecule has 0 aliphatic heterocycles. The number of H-pyrrole nitrogens is 1. The van der Waals surface area contributed by atoms with Gasteiger partial charge < -0.3 is 10.1 Å². The predicted octanol–water partition coefficient (Wildman–Crippen LogP) is 2.36. The quantitative estimate of drug-likeness (QED) is 0.806. The van der Waals surface area contributed by atoms with Gasteiger partial charge in [0, 0.05) is 17.3 Å². The molecule has 1 aromatic heterocycles. The first-order valence-electron chi connectivity index (χ1n) is 5.57. The lowest BCUT2D eigenvalue weighted by molar-refractivity contribution is -0.138. The van der Waals surface area contributed by atoms with Crippen LogP contribution in [0.25, 0.3) is 0 Å². The maximum Gasteiger partial charge on any atom is 0.304 e. The predicted molar refractivity (Wildman–Crippen MR) is 62.4 cm³/mol. The van der Waals surface area contributed by atoms with E-state index < -0.39 is 11.4 Å². The summed E-state index contributed by atoms with van der Waals surface area (Å²) in [5.74, 6) is 0.522. The highest BCUT2D eigenvalue weighted by atomic mass is 16.4. The number of hydrogen-bond donors (Lipinski definition) is 2. The van der Waals surface area contributed by atoms with E-state index >= 15 is 0 Å². The van der Waals surface area contributed by atoms with Gasteiger partial charge in [0.05, 0.1) is 6.42 Å². The minimum absolute atomic E-state index is 0.0850. The molecule has 0 saturated carbocycles. The fraction of sp³-hybridized carbons (Fsp3) is 0.667. The van der Waals surface area contributed by atoms with E-state index in [2.05, 4.69) is 23.8 Å². The lowest BCUT2D eigenvalue weighted by atomic mass is 9.88. The minimum Gasteiger partial charge on any atom is -0.481 e. The van der Waals surface area contributed by atoms with Gasteiger partial charge in [-0.2, -0.15) is 0 Å². The fourth-order valence-corrected chi connectivity index (χ4v) is 1.71. The molecule has 0 amide bonds. The van der Waals surface area contributed by atoms with Gasteiger partial charge in [0.15, 0.2) is 0 Å². The molecule has 0 radical (unpaired) electrons. The molecular weight excluding hydrogens is 204 g/mol. The zero-order chi connectivity index (χ0) is 12.3. The molecule has 0 bridgehead atoms. The van der Waals surface area contributed by atoms with Gasteiger partial charge in [0.2, 0.25) is 0 Å². The zero-order valence-corrected chi connectivity index (χ0v) is 10.4. The van der Waals surface area contributed by atoms with Crippen LogP contribution in [-0.4, -0.2) is 21.0 Å². The first kappa shape index (κ1) is 12.7. The number of nitrogens with zero attached hydrogens (tertiary/aromatic N) is 1. The standard InChI is InChI=1S/C12H20N2O2/c1-8(2)5-9-7-13-11(14-9)12(3,4)6-10(15)16/h7-8H,5-6H2,1-4H3,(H,13,14)(H,15,16). The van der Waals surface area contributed by atoms with Crippen molar-refractivity contribution in [3.63, 3.8) is 0 Å². The van der Waals surface area contributed by atoms with Gasteiger partial charge in [-0.05, 0) is 12.3 Å². The average molecular weight is 224 g/mol. The molecular formula is C12H20N2O2. The molecule has 0 aliphatic carbocycles. The summed E-state index contributed by atoms with van der Waals surface area (Å²) in [6.45, 7) is 8.06. The summed E-state index contributed by atoms with van der Waals surface area (Å²) in [6, 6.07) is 0. The van der Waals surface area contributed by atoms with Crippen molar-refractivity contribution in [2.45, 2.75) is 46.0 Å². The van der Waals surface area contributed by atoms with Crippen LogP contribution < -0.4 is 0 Å². The molecule has 0 atom stereocenters. The second-order valence-corrected chi connectivity index (χ2v) is 5.31. The number of carboxylic acids is 1. The Labute approximate surface area is 96.1 Å². The molecule has 16 heavy (non-hydrogen) atoms. The van der Waals surface area contributed by atoms with Crippen LogP contribution in [0.15, 0.2) is 6.20 Å². The fourth-order valence-electron chi connectivity index (χ4n) is 1.71. The molecule has 90 valence electrons. The number of aromatic amines is 1. The molecule has 2 N–H and O–H groups in total. The van der Waals surface area contributed by atoms with Crippen molar-refractivity contribution < 1.29 is 9.90 Å². The molecule has 0 spiro atoms. The second-order valence-electron chi connectivity index (χ2n) is 5.31. The molecule has 1 heterocycles. The van der Waals surface area contributed by atoms with Crippen LogP contribution in [0.1, 0.15) is 45.6 Å². The normalized spacial score (nSPS) is 12.1. The van der Waals surface area contributed by atoms with Crippen LogP contribution in [0, 0.1) is 5.92 Å². The maximum atomic E-state index is 10.7. The number of nitrogens with one attached hydrogen (secondary N) is 1. The number of hydrogen-bond acceptors (Lipinski definition) is 2. The van der Waals surface area contributed by atoms with E-state index in [1.807, 2.05) is 13.8 Å². The van der Waals surface area contributed by atoms with Crippen LogP contribution in [0.5, 0.6) is 0 Å². The van der Waals surface area contributed by atoms with Crippen molar-refractivity contribution in [3.05, 3.63) is 17.7 Å². The molecule has 4 nitrogen and oxygen atoms in total. The van der Waals surface area contributed by atoms with Gasteiger partial charge in [-0.3, -0.25) is 4.79 Å².